The summed E-state index contributed by atoms with van der Waals surface area (Å²) in [5, 5.41) is 8.40. The molecule has 0 atom stereocenters. The second kappa shape index (κ2) is 5.37. The maximum atomic E-state index is 5.89. The largest absolute Gasteiger partial charge is 0.314 e. The lowest BCUT2D eigenvalue weighted by Crippen LogP contribution is -2.24. The van der Waals surface area contributed by atoms with Crippen molar-refractivity contribution in [1.82, 2.24) is 15.1 Å². The maximum Gasteiger partial charge on any atom is 0.0814 e. The Labute approximate surface area is 90.4 Å². The van der Waals surface area contributed by atoms with E-state index in [0.29, 0.717) is 6.04 Å². The zero-order valence-electron chi connectivity index (χ0n) is 9.05. The number of hydrogen-bond acceptors (Lipinski definition) is 2. The molecule has 0 aromatic carbocycles. The molecule has 1 aromatic heterocycles. The quantitative estimate of drug-likeness (QED) is 0.764. The molecule has 14 heavy (non-hydrogen) atoms. The lowest BCUT2D eigenvalue weighted by atomic mass is 10.3. The molecule has 3 nitrogen and oxygen atoms in total. The third-order valence-electron chi connectivity index (χ3n) is 2.00. The second-order valence-electron chi connectivity index (χ2n) is 3.79. The number of hydrogen-bond donors (Lipinski definition) is 1. The SMILES string of the molecule is Cc1nn(CCCNC(C)C)cc1Cl. The van der Waals surface area contributed by atoms with Crippen LogP contribution in [0.5, 0.6) is 0 Å². The predicted octanol–water partition coefficient (Wildman–Crippen LogP) is 2.23. The molecule has 0 aliphatic heterocycles. The van der Waals surface area contributed by atoms with Crippen molar-refractivity contribution in [2.45, 2.75) is 39.8 Å². The van der Waals surface area contributed by atoms with Crippen LogP contribution in [0.25, 0.3) is 0 Å². The number of aromatic nitrogens is 2. The van der Waals surface area contributed by atoms with Crippen molar-refractivity contribution in [3.05, 3.63) is 16.9 Å². The van der Waals surface area contributed by atoms with Crippen LogP contribution in [0.1, 0.15) is 26.0 Å². The Hall–Kier alpha value is -0.540. The smallest absolute Gasteiger partial charge is 0.0814 e. The Balaban J connectivity index is 2.25. The summed E-state index contributed by atoms with van der Waals surface area (Å²) in [6.07, 6.45) is 2.96. The van der Waals surface area contributed by atoms with Crippen molar-refractivity contribution in [3.8, 4) is 0 Å². The van der Waals surface area contributed by atoms with Gasteiger partial charge in [0.1, 0.15) is 0 Å². The Morgan fingerprint density at radius 1 is 1.57 bits per heavy atom. The van der Waals surface area contributed by atoms with E-state index in [1.165, 1.54) is 0 Å². The van der Waals surface area contributed by atoms with Gasteiger partial charge in [0.15, 0.2) is 0 Å². The normalized spacial score (nSPS) is 11.2. The monoisotopic (exact) mass is 215 g/mol. The molecule has 0 aliphatic rings. The highest BCUT2D eigenvalue weighted by molar-refractivity contribution is 6.31. The third kappa shape index (κ3) is 3.68. The van der Waals surface area contributed by atoms with Gasteiger partial charge in [-0.1, -0.05) is 25.4 Å². The molecule has 0 saturated heterocycles. The van der Waals surface area contributed by atoms with Crippen LogP contribution in [0.15, 0.2) is 6.20 Å². The fourth-order valence-corrected chi connectivity index (χ4v) is 1.39. The van der Waals surface area contributed by atoms with Crippen LogP contribution < -0.4 is 5.32 Å². The van der Waals surface area contributed by atoms with Gasteiger partial charge in [0.25, 0.3) is 0 Å². The molecule has 1 rings (SSSR count). The summed E-state index contributed by atoms with van der Waals surface area (Å²) >= 11 is 5.89. The highest BCUT2D eigenvalue weighted by Crippen LogP contribution is 2.11. The fourth-order valence-electron chi connectivity index (χ4n) is 1.24. The Bertz CT molecular complexity index is 261. The van der Waals surface area contributed by atoms with Gasteiger partial charge in [-0.2, -0.15) is 5.10 Å². The Kier molecular flexibility index (Phi) is 4.42. The van der Waals surface area contributed by atoms with Gasteiger partial charge in [0, 0.05) is 18.8 Å². The van der Waals surface area contributed by atoms with Crippen molar-refractivity contribution < 1.29 is 0 Å². The minimum absolute atomic E-state index is 0.554. The lowest BCUT2D eigenvalue weighted by Gasteiger charge is -2.07. The van der Waals surface area contributed by atoms with E-state index in [0.717, 1.165) is 30.2 Å². The average molecular weight is 216 g/mol. The van der Waals surface area contributed by atoms with E-state index in [1.807, 2.05) is 17.8 Å². The highest BCUT2D eigenvalue weighted by Gasteiger charge is 2.00. The van der Waals surface area contributed by atoms with Crippen LogP contribution in [0.3, 0.4) is 0 Å². The van der Waals surface area contributed by atoms with E-state index in [-0.39, 0.29) is 0 Å². The fraction of sp³-hybridized carbons (Fsp3) is 0.700. The summed E-state index contributed by atoms with van der Waals surface area (Å²) < 4.78 is 1.90. The molecule has 0 bridgehead atoms. The third-order valence-corrected chi connectivity index (χ3v) is 2.37. The van der Waals surface area contributed by atoms with Crippen LogP contribution in [0.2, 0.25) is 5.02 Å². The van der Waals surface area contributed by atoms with Gasteiger partial charge >= 0.3 is 0 Å². The molecule has 0 radical (unpaired) electrons. The summed E-state index contributed by atoms with van der Waals surface area (Å²) in [4.78, 5) is 0. The molecular formula is C10H18ClN3. The van der Waals surface area contributed by atoms with Gasteiger partial charge in [-0.25, -0.2) is 0 Å². The van der Waals surface area contributed by atoms with Crippen molar-refractivity contribution in [2.75, 3.05) is 6.54 Å². The van der Waals surface area contributed by atoms with E-state index in [4.69, 9.17) is 11.6 Å². The van der Waals surface area contributed by atoms with Crippen LogP contribution >= 0.6 is 11.6 Å². The number of nitrogens with zero attached hydrogens (tertiary/aromatic N) is 2. The molecule has 0 unspecified atom stereocenters. The van der Waals surface area contributed by atoms with Crippen LogP contribution in [-0.2, 0) is 6.54 Å². The van der Waals surface area contributed by atoms with Crippen LogP contribution in [0, 0.1) is 6.92 Å². The first-order valence-corrected chi connectivity index (χ1v) is 5.40. The van der Waals surface area contributed by atoms with Gasteiger partial charge < -0.3 is 5.32 Å². The van der Waals surface area contributed by atoms with Gasteiger partial charge in [-0.15, -0.1) is 0 Å². The molecule has 0 fully saturated rings. The van der Waals surface area contributed by atoms with Gasteiger partial charge in [0.2, 0.25) is 0 Å². The molecule has 1 heterocycles. The minimum atomic E-state index is 0.554. The van der Waals surface area contributed by atoms with E-state index >= 15 is 0 Å². The lowest BCUT2D eigenvalue weighted by molar-refractivity contribution is 0.512. The van der Waals surface area contributed by atoms with Crippen LogP contribution in [0.4, 0.5) is 0 Å². The van der Waals surface area contributed by atoms with Crippen LogP contribution in [-0.4, -0.2) is 22.4 Å². The molecular weight excluding hydrogens is 198 g/mol. The molecule has 0 aliphatic carbocycles. The first kappa shape index (κ1) is 11.5. The topological polar surface area (TPSA) is 29.9 Å². The van der Waals surface area contributed by atoms with Gasteiger partial charge in [-0.05, 0) is 19.9 Å². The number of halogens is 1. The molecule has 80 valence electrons. The van der Waals surface area contributed by atoms with E-state index in [2.05, 4.69) is 24.3 Å². The molecule has 0 amide bonds. The number of rotatable bonds is 5. The molecule has 0 spiro atoms. The summed E-state index contributed by atoms with van der Waals surface area (Å²) in [5.74, 6) is 0. The maximum absolute atomic E-state index is 5.89. The summed E-state index contributed by atoms with van der Waals surface area (Å²) in [5.41, 5.74) is 0.906. The van der Waals surface area contributed by atoms with Crippen molar-refractivity contribution in [2.24, 2.45) is 0 Å². The summed E-state index contributed by atoms with van der Waals surface area (Å²) in [6, 6.07) is 0.554. The molecule has 1 aromatic rings. The summed E-state index contributed by atoms with van der Waals surface area (Å²) in [6.45, 7) is 8.16. The average Bonchev–Trinajstić information content (AvgIpc) is 2.40. The zero-order chi connectivity index (χ0) is 10.6. The Morgan fingerprint density at radius 3 is 2.79 bits per heavy atom. The standard InChI is InChI=1S/C10H18ClN3/c1-8(2)12-5-4-6-14-7-10(11)9(3)13-14/h7-8,12H,4-6H2,1-3H3. The van der Waals surface area contributed by atoms with Crippen molar-refractivity contribution in [3.63, 3.8) is 0 Å². The first-order chi connectivity index (χ1) is 6.59. The van der Waals surface area contributed by atoms with Crippen molar-refractivity contribution >= 4 is 11.6 Å². The molecule has 1 N–H and O–H groups in total. The number of aryl methyl sites for hydroxylation is 2. The summed E-state index contributed by atoms with van der Waals surface area (Å²) in [7, 11) is 0. The minimum Gasteiger partial charge on any atom is -0.314 e. The zero-order valence-corrected chi connectivity index (χ0v) is 9.80. The second-order valence-corrected chi connectivity index (χ2v) is 4.20. The Morgan fingerprint density at radius 2 is 2.29 bits per heavy atom. The molecule has 0 saturated carbocycles. The number of nitrogens with one attached hydrogen (secondary N) is 1. The van der Waals surface area contributed by atoms with E-state index < -0.39 is 0 Å². The predicted molar refractivity (Wildman–Crippen MR) is 59.7 cm³/mol. The first-order valence-electron chi connectivity index (χ1n) is 5.02. The van der Waals surface area contributed by atoms with Crippen molar-refractivity contribution in [1.29, 1.82) is 0 Å². The van der Waals surface area contributed by atoms with E-state index in [9.17, 15) is 0 Å². The van der Waals surface area contributed by atoms with Gasteiger partial charge in [-0.3, -0.25) is 4.68 Å². The molecule has 4 heteroatoms. The highest BCUT2D eigenvalue weighted by atomic mass is 35.5. The van der Waals surface area contributed by atoms with Gasteiger partial charge in [0.05, 0.1) is 10.7 Å². The van der Waals surface area contributed by atoms with E-state index in [1.54, 1.807) is 0 Å².